The molecule has 3 heteroatoms. The lowest BCUT2D eigenvalue weighted by Crippen LogP contribution is -2.44. The molecule has 94 valence electrons. The zero-order valence-corrected chi connectivity index (χ0v) is 11.3. The molecule has 1 rings (SSSR count). The van der Waals surface area contributed by atoms with Gasteiger partial charge in [0, 0.05) is 18.5 Å². The van der Waals surface area contributed by atoms with Crippen molar-refractivity contribution in [3.63, 3.8) is 0 Å². The molecule has 1 atom stereocenters. The number of nitrogens with zero attached hydrogens (tertiary/aromatic N) is 1. The van der Waals surface area contributed by atoms with E-state index in [4.69, 9.17) is 4.74 Å². The van der Waals surface area contributed by atoms with Gasteiger partial charge in [0.15, 0.2) is 5.60 Å². The Morgan fingerprint density at radius 2 is 2.00 bits per heavy atom. The fourth-order valence-corrected chi connectivity index (χ4v) is 2.22. The summed E-state index contributed by atoms with van der Waals surface area (Å²) in [7, 11) is 0. The lowest BCUT2D eigenvalue weighted by molar-refractivity contribution is -0.175. The standard InChI is InChI=1S/C14H21NO2/c1-6-14(13(3,4)5,17-11(2)16)12-9-7-8-10-15-12/h7-10H,6H2,1-5H3. The van der Waals surface area contributed by atoms with Crippen LogP contribution in [-0.4, -0.2) is 11.0 Å². The SMILES string of the molecule is CCC(OC(C)=O)(c1ccccn1)C(C)(C)C. The molecule has 0 aliphatic rings. The van der Waals surface area contributed by atoms with Crippen LogP contribution in [0.25, 0.3) is 0 Å². The molecule has 1 aromatic heterocycles. The molecule has 1 heterocycles. The Kier molecular flexibility index (Phi) is 3.91. The van der Waals surface area contributed by atoms with Gasteiger partial charge in [0.2, 0.25) is 0 Å². The van der Waals surface area contributed by atoms with Crippen molar-refractivity contribution in [2.24, 2.45) is 5.41 Å². The molecule has 0 saturated carbocycles. The Hall–Kier alpha value is -1.38. The van der Waals surface area contributed by atoms with Crippen LogP contribution in [-0.2, 0) is 15.1 Å². The molecule has 0 radical (unpaired) electrons. The fourth-order valence-electron chi connectivity index (χ4n) is 2.22. The van der Waals surface area contributed by atoms with Gasteiger partial charge in [0.25, 0.3) is 0 Å². The van der Waals surface area contributed by atoms with E-state index in [1.807, 2.05) is 25.1 Å². The maximum atomic E-state index is 11.4. The van der Waals surface area contributed by atoms with E-state index < -0.39 is 5.60 Å². The summed E-state index contributed by atoms with van der Waals surface area (Å²) >= 11 is 0. The molecule has 1 unspecified atom stereocenters. The molecule has 0 amide bonds. The van der Waals surface area contributed by atoms with Crippen LogP contribution in [0.15, 0.2) is 24.4 Å². The minimum absolute atomic E-state index is 0.207. The van der Waals surface area contributed by atoms with Crippen molar-refractivity contribution in [3.05, 3.63) is 30.1 Å². The smallest absolute Gasteiger partial charge is 0.303 e. The number of carbonyl (C=O) groups is 1. The number of esters is 1. The van der Waals surface area contributed by atoms with E-state index in [1.165, 1.54) is 6.92 Å². The van der Waals surface area contributed by atoms with Crippen molar-refractivity contribution >= 4 is 5.97 Å². The highest BCUT2D eigenvalue weighted by atomic mass is 16.6. The van der Waals surface area contributed by atoms with Gasteiger partial charge in [-0.05, 0) is 18.6 Å². The Labute approximate surface area is 103 Å². The number of aromatic nitrogens is 1. The second-order valence-corrected chi connectivity index (χ2v) is 5.24. The summed E-state index contributed by atoms with van der Waals surface area (Å²) in [5, 5.41) is 0. The van der Waals surface area contributed by atoms with E-state index in [9.17, 15) is 4.79 Å². The summed E-state index contributed by atoms with van der Waals surface area (Å²) in [6.07, 6.45) is 2.43. The molecule has 17 heavy (non-hydrogen) atoms. The Morgan fingerprint density at radius 3 is 2.35 bits per heavy atom. The van der Waals surface area contributed by atoms with Gasteiger partial charge in [-0.3, -0.25) is 9.78 Å². The molecular formula is C14H21NO2. The van der Waals surface area contributed by atoms with E-state index in [2.05, 4.69) is 25.8 Å². The van der Waals surface area contributed by atoms with Crippen molar-refractivity contribution in [1.29, 1.82) is 0 Å². The van der Waals surface area contributed by atoms with Crippen LogP contribution in [0.4, 0.5) is 0 Å². The van der Waals surface area contributed by atoms with Crippen LogP contribution in [0.5, 0.6) is 0 Å². The number of hydrogen-bond donors (Lipinski definition) is 0. The maximum Gasteiger partial charge on any atom is 0.303 e. The Morgan fingerprint density at radius 1 is 1.35 bits per heavy atom. The van der Waals surface area contributed by atoms with Gasteiger partial charge in [-0.2, -0.15) is 0 Å². The topological polar surface area (TPSA) is 39.2 Å². The average molecular weight is 235 g/mol. The highest BCUT2D eigenvalue weighted by Crippen LogP contribution is 2.44. The van der Waals surface area contributed by atoms with Crippen molar-refractivity contribution in [1.82, 2.24) is 4.98 Å². The van der Waals surface area contributed by atoms with Gasteiger partial charge in [0.1, 0.15) is 0 Å². The molecule has 0 aliphatic heterocycles. The van der Waals surface area contributed by atoms with Crippen LogP contribution in [0.3, 0.4) is 0 Å². The molecule has 0 aliphatic carbocycles. The van der Waals surface area contributed by atoms with Crippen LogP contribution in [0.2, 0.25) is 0 Å². The first-order valence-corrected chi connectivity index (χ1v) is 5.94. The predicted octanol–water partition coefficient (Wildman–Crippen LogP) is 3.30. The third-order valence-electron chi connectivity index (χ3n) is 3.11. The molecule has 0 spiro atoms. The predicted molar refractivity (Wildman–Crippen MR) is 67.4 cm³/mol. The lowest BCUT2D eigenvalue weighted by atomic mass is 9.72. The normalized spacial score (nSPS) is 15.1. The van der Waals surface area contributed by atoms with Crippen molar-refractivity contribution in [2.45, 2.75) is 46.6 Å². The molecule has 0 N–H and O–H groups in total. The Balaban J connectivity index is 3.31. The second kappa shape index (κ2) is 4.86. The first-order chi connectivity index (χ1) is 7.83. The summed E-state index contributed by atoms with van der Waals surface area (Å²) in [4.78, 5) is 15.8. The monoisotopic (exact) mass is 235 g/mol. The summed E-state index contributed by atoms with van der Waals surface area (Å²) in [6.45, 7) is 9.65. The van der Waals surface area contributed by atoms with E-state index in [-0.39, 0.29) is 11.4 Å². The highest BCUT2D eigenvalue weighted by molar-refractivity contribution is 5.66. The summed E-state index contributed by atoms with van der Waals surface area (Å²) < 4.78 is 5.64. The lowest BCUT2D eigenvalue weighted by Gasteiger charge is -2.42. The molecule has 1 aromatic rings. The number of pyridine rings is 1. The van der Waals surface area contributed by atoms with E-state index in [1.54, 1.807) is 6.20 Å². The van der Waals surface area contributed by atoms with Gasteiger partial charge < -0.3 is 4.74 Å². The van der Waals surface area contributed by atoms with E-state index in [0.29, 0.717) is 6.42 Å². The van der Waals surface area contributed by atoms with Crippen molar-refractivity contribution in [2.75, 3.05) is 0 Å². The first-order valence-electron chi connectivity index (χ1n) is 5.94. The van der Waals surface area contributed by atoms with E-state index >= 15 is 0 Å². The summed E-state index contributed by atoms with van der Waals surface area (Å²) in [5.41, 5.74) is -0.0628. The van der Waals surface area contributed by atoms with Gasteiger partial charge in [0.05, 0.1) is 5.69 Å². The van der Waals surface area contributed by atoms with Gasteiger partial charge >= 0.3 is 5.97 Å². The number of rotatable bonds is 3. The molecule has 0 fully saturated rings. The third kappa shape index (κ3) is 2.65. The number of hydrogen-bond acceptors (Lipinski definition) is 3. The molecule has 0 aromatic carbocycles. The van der Waals surface area contributed by atoms with Gasteiger partial charge in [-0.15, -0.1) is 0 Å². The van der Waals surface area contributed by atoms with Crippen LogP contribution >= 0.6 is 0 Å². The Bertz CT molecular complexity index is 381. The van der Waals surface area contributed by atoms with Crippen LogP contribution < -0.4 is 0 Å². The maximum absolute atomic E-state index is 11.4. The number of carbonyl (C=O) groups excluding carboxylic acids is 1. The number of ether oxygens (including phenoxy) is 1. The summed E-state index contributed by atoms with van der Waals surface area (Å²) in [5.74, 6) is -0.271. The van der Waals surface area contributed by atoms with Crippen LogP contribution in [0.1, 0.15) is 46.7 Å². The minimum atomic E-state index is -0.667. The summed E-state index contributed by atoms with van der Waals surface area (Å²) in [6, 6.07) is 5.69. The zero-order chi connectivity index (χ0) is 13.1. The fraction of sp³-hybridized carbons (Fsp3) is 0.571. The van der Waals surface area contributed by atoms with E-state index in [0.717, 1.165) is 5.69 Å². The van der Waals surface area contributed by atoms with Crippen molar-refractivity contribution < 1.29 is 9.53 Å². The molecule has 0 saturated heterocycles. The first kappa shape index (κ1) is 13.7. The van der Waals surface area contributed by atoms with Crippen LogP contribution in [0, 0.1) is 5.41 Å². The molecular weight excluding hydrogens is 214 g/mol. The highest BCUT2D eigenvalue weighted by Gasteiger charge is 2.46. The second-order valence-electron chi connectivity index (χ2n) is 5.24. The molecule has 0 bridgehead atoms. The van der Waals surface area contributed by atoms with Gasteiger partial charge in [-0.25, -0.2) is 0 Å². The zero-order valence-electron chi connectivity index (χ0n) is 11.3. The minimum Gasteiger partial charge on any atom is -0.452 e. The average Bonchev–Trinajstić information content (AvgIpc) is 2.25. The molecule has 3 nitrogen and oxygen atoms in total. The quantitative estimate of drug-likeness (QED) is 0.755. The van der Waals surface area contributed by atoms with Crippen molar-refractivity contribution in [3.8, 4) is 0 Å². The third-order valence-corrected chi connectivity index (χ3v) is 3.11. The van der Waals surface area contributed by atoms with Gasteiger partial charge in [-0.1, -0.05) is 33.8 Å². The largest absolute Gasteiger partial charge is 0.452 e.